The van der Waals surface area contributed by atoms with Crippen molar-refractivity contribution in [2.45, 2.75) is 101 Å². The third-order valence-electron chi connectivity index (χ3n) is 7.51. The molecule has 2 saturated heterocycles. The van der Waals surface area contributed by atoms with Gasteiger partial charge in [0.05, 0.1) is 12.4 Å². The maximum Gasteiger partial charge on any atom is 0.237 e. The largest absolute Gasteiger partial charge is 0.351 e. The van der Waals surface area contributed by atoms with Crippen molar-refractivity contribution >= 4 is 17.5 Å². The molecule has 8 unspecified atom stereocenters. The lowest BCUT2D eigenvalue weighted by atomic mass is 9.75. The molecule has 0 aromatic carbocycles. The lowest BCUT2D eigenvalue weighted by molar-refractivity contribution is -0.125. The van der Waals surface area contributed by atoms with Crippen LogP contribution < -0.4 is 16.0 Å². The van der Waals surface area contributed by atoms with Gasteiger partial charge in [0.2, 0.25) is 5.91 Å². The van der Waals surface area contributed by atoms with Gasteiger partial charge in [0.1, 0.15) is 6.17 Å². The molecule has 3 heterocycles. The topological polar surface area (TPSA) is 71.0 Å². The number of carbonyl (C=O) groups excluding carboxylic acids is 1. The molecule has 8 heteroatoms. The molecule has 3 N–H and O–H groups in total. The van der Waals surface area contributed by atoms with Crippen molar-refractivity contribution in [1.29, 1.82) is 0 Å². The summed E-state index contributed by atoms with van der Waals surface area (Å²) in [7, 11) is 0. The first-order chi connectivity index (χ1) is 15.0. The summed E-state index contributed by atoms with van der Waals surface area (Å²) in [6.45, 7) is 3.96. The van der Waals surface area contributed by atoms with Gasteiger partial charge in [0, 0.05) is 42.4 Å². The van der Waals surface area contributed by atoms with E-state index in [1.807, 2.05) is 12.5 Å². The van der Waals surface area contributed by atoms with Gasteiger partial charge in [-0.3, -0.25) is 4.79 Å². The summed E-state index contributed by atoms with van der Waals surface area (Å²) in [5.41, 5.74) is 0. The number of amides is 1. The summed E-state index contributed by atoms with van der Waals surface area (Å²) in [6, 6.07) is 0.331. The molecule has 4 rings (SSSR count). The third-order valence-corrected chi connectivity index (χ3v) is 8.02. The van der Waals surface area contributed by atoms with E-state index >= 15 is 0 Å². The molecule has 1 aromatic rings. The van der Waals surface area contributed by atoms with Gasteiger partial charge in [0.15, 0.2) is 0 Å². The van der Waals surface area contributed by atoms with Crippen molar-refractivity contribution in [1.82, 2.24) is 25.5 Å². The first-order valence-corrected chi connectivity index (χ1v) is 12.5. The Labute approximate surface area is 190 Å². The van der Waals surface area contributed by atoms with Crippen LogP contribution in [0.25, 0.3) is 0 Å². The van der Waals surface area contributed by atoms with Gasteiger partial charge in [-0.2, -0.15) is 0 Å². The van der Waals surface area contributed by atoms with Crippen LogP contribution in [0.2, 0.25) is 0 Å². The van der Waals surface area contributed by atoms with Crippen molar-refractivity contribution in [3.05, 3.63) is 18.7 Å². The molecule has 3 fully saturated rings. The first kappa shape index (κ1) is 23.0. The monoisotopic (exact) mass is 453 g/mol. The second kappa shape index (κ2) is 10.6. The van der Waals surface area contributed by atoms with Crippen LogP contribution in [-0.4, -0.2) is 57.7 Å². The molecule has 174 valence electrons. The minimum atomic E-state index is -0.799. The number of nitrogens with zero attached hydrogens (tertiary/aromatic N) is 2. The van der Waals surface area contributed by atoms with Crippen LogP contribution >= 0.6 is 11.6 Å². The van der Waals surface area contributed by atoms with Crippen LogP contribution in [0.15, 0.2) is 18.7 Å². The van der Waals surface area contributed by atoms with Crippen LogP contribution in [0.4, 0.5) is 4.39 Å². The summed E-state index contributed by atoms with van der Waals surface area (Å²) in [6.07, 6.45) is 11.8. The number of piperidine rings is 2. The van der Waals surface area contributed by atoms with Gasteiger partial charge in [-0.25, -0.2) is 9.37 Å². The number of alkyl halides is 2. The fraction of sp³-hybridized carbons (Fsp3) is 0.826. The van der Waals surface area contributed by atoms with Crippen molar-refractivity contribution in [3.63, 3.8) is 0 Å². The quantitative estimate of drug-likeness (QED) is 0.579. The highest BCUT2D eigenvalue weighted by atomic mass is 35.5. The lowest BCUT2D eigenvalue weighted by Gasteiger charge is -2.43. The molecular weight excluding hydrogens is 417 g/mol. The Balaban J connectivity index is 1.42. The van der Waals surface area contributed by atoms with Crippen LogP contribution in [0.3, 0.4) is 0 Å². The predicted octanol–water partition coefficient (Wildman–Crippen LogP) is 3.01. The number of aromatic nitrogens is 2. The second-order valence-electron chi connectivity index (χ2n) is 9.87. The standard InChI is InChI=1S/C23H37ClFN5O/c1-15(20-4-2-3-7-27-20)28-23(31)22-11-16(13-30-9-8-26-14-30)10-21(29-22)18-6-5-17(25)12-19(18)24/h8-9,14-22,27,29H,2-7,10-13H2,1H3,(H,28,31). The second-order valence-corrected chi connectivity index (χ2v) is 10.4. The Hall–Kier alpha value is -1.18. The van der Waals surface area contributed by atoms with E-state index in [4.69, 9.17) is 11.6 Å². The highest BCUT2D eigenvalue weighted by molar-refractivity contribution is 6.20. The zero-order chi connectivity index (χ0) is 21.8. The fourth-order valence-corrected chi connectivity index (χ4v) is 6.28. The first-order valence-electron chi connectivity index (χ1n) is 12.0. The highest BCUT2D eigenvalue weighted by Crippen LogP contribution is 2.37. The molecule has 2 aliphatic heterocycles. The van der Waals surface area contributed by atoms with E-state index in [9.17, 15) is 9.18 Å². The van der Waals surface area contributed by atoms with Gasteiger partial charge in [-0.1, -0.05) is 6.42 Å². The highest BCUT2D eigenvalue weighted by Gasteiger charge is 2.41. The van der Waals surface area contributed by atoms with E-state index in [0.29, 0.717) is 24.8 Å². The number of carbonyl (C=O) groups is 1. The summed E-state index contributed by atoms with van der Waals surface area (Å²) in [5, 5.41) is 10.2. The number of halogens is 2. The Morgan fingerprint density at radius 2 is 2.16 bits per heavy atom. The molecular formula is C23H37ClFN5O. The van der Waals surface area contributed by atoms with Gasteiger partial charge in [-0.05, 0) is 70.3 Å². The zero-order valence-electron chi connectivity index (χ0n) is 18.5. The Kier molecular flexibility index (Phi) is 7.88. The van der Waals surface area contributed by atoms with Crippen molar-refractivity contribution in [3.8, 4) is 0 Å². The van der Waals surface area contributed by atoms with E-state index in [1.54, 1.807) is 6.20 Å². The molecule has 3 aliphatic rings. The molecule has 1 aliphatic carbocycles. The van der Waals surface area contributed by atoms with Crippen molar-refractivity contribution in [2.75, 3.05) is 6.54 Å². The fourth-order valence-electron chi connectivity index (χ4n) is 5.78. The number of rotatable bonds is 6. The Morgan fingerprint density at radius 3 is 2.87 bits per heavy atom. The Morgan fingerprint density at radius 1 is 1.29 bits per heavy atom. The third kappa shape index (κ3) is 5.99. The molecule has 1 aromatic heterocycles. The maximum absolute atomic E-state index is 13.8. The van der Waals surface area contributed by atoms with E-state index in [0.717, 1.165) is 38.8 Å². The van der Waals surface area contributed by atoms with Crippen LogP contribution in [-0.2, 0) is 11.3 Å². The smallest absolute Gasteiger partial charge is 0.237 e. The molecule has 8 atom stereocenters. The van der Waals surface area contributed by atoms with Crippen molar-refractivity contribution in [2.24, 2.45) is 11.8 Å². The summed E-state index contributed by atoms with van der Waals surface area (Å²) in [5.74, 6) is 0.628. The summed E-state index contributed by atoms with van der Waals surface area (Å²) >= 11 is 6.61. The van der Waals surface area contributed by atoms with Gasteiger partial charge in [0.25, 0.3) is 0 Å². The molecule has 1 saturated carbocycles. The van der Waals surface area contributed by atoms with E-state index in [-0.39, 0.29) is 35.3 Å². The number of hydrogen-bond donors (Lipinski definition) is 3. The number of nitrogens with one attached hydrogen (secondary N) is 3. The van der Waals surface area contributed by atoms with Crippen LogP contribution in [0.1, 0.15) is 58.3 Å². The van der Waals surface area contributed by atoms with Gasteiger partial charge in [-0.15, -0.1) is 11.6 Å². The van der Waals surface area contributed by atoms with E-state index in [2.05, 4.69) is 32.4 Å². The van der Waals surface area contributed by atoms with E-state index in [1.165, 1.54) is 12.8 Å². The minimum absolute atomic E-state index is 0.0745. The van der Waals surface area contributed by atoms with Crippen molar-refractivity contribution < 1.29 is 9.18 Å². The SMILES string of the molecule is CC(NC(=O)C1CC(Cn2ccnc2)CC(C2CCC(F)CC2Cl)N1)C1CCCCN1. The van der Waals surface area contributed by atoms with Gasteiger partial charge < -0.3 is 20.5 Å². The summed E-state index contributed by atoms with van der Waals surface area (Å²) in [4.78, 5) is 17.4. The average Bonchev–Trinajstić information content (AvgIpc) is 3.27. The normalized spacial score (nSPS) is 37.8. The van der Waals surface area contributed by atoms with Crippen LogP contribution in [0, 0.1) is 11.8 Å². The molecule has 6 nitrogen and oxygen atoms in total. The average molecular weight is 454 g/mol. The predicted molar refractivity (Wildman–Crippen MR) is 121 cm³/mol. The number of imidazole rings is 1. The molecule has 0 bridgehead atoms. The van der Waals surface area contributed by atoms with Crippen LogP contribution in [0.5, 0.6) is 0 Å². The molecule has 31 heavy (non-hydrogen) atoms. The molecule has 0 spiro atoms. The van der Waals surface area contributed by atoms with Gasteiger partial charge >= 0.3 is 0 Å². The maximum atomic E-state index is 13.8. The summed E-state index contributed by atoms with van der Waals surface area (Å²) < 4.78 is 15.9. The Bertz CT molecular complexity index is 698. The zero-order valence-corrected chi connectivity index (χ0v) is 19.2. The molecule has 1 amide bonds. The number of hydrogen-bond acceptors (Lipinski definition) is 4. The lowest BCUT2D eigenvalue weighted by Crippen LogP contribution is -2.60. The molecule has 0 radical (unpaired) electrons. The van der Waals surface area contributed by atoms with E-state index < -0.39 is 6.17 Å². The minimum Gasteiger partial charge on any atom is -0.351 e.